The Bertz CT molecular complexity index is 615. The molecule has 0 spiro atoms. The van der Waals surface area contributed by atoms with Crippen LogP contribution in [0.5, 0.6) is 0 Å². The Morgan fingerprint density at radius 1 is 1.40 bits per heavy atom. The molecule has 1 amide bonds. The maximum atomic E-state index is 12.3. The molecule has 0 radical (unpaired) electrons. The molecule has 1 fully saturated rings. The summed E-state index contributed by atoms with van der Waals surface area (Å²) in [6, 6.07) is 5.84. The fourth-order valence-corrected chi connectivity index (χ4v) is 3.47. The molecule has 2 N–H and O–H groups in total. The lowest BCUT2D eigenvalue weighted by atomic mass is 10.1. The van der Waals surface area contributed by atoms with Crippen LogP contribution in [-0.4, -0.2) is 23.5 Å². The van der Waals surface area contributed by atoms with Gasteiger partial charge in [-0.25, -0.2) is 4.98 Å². The second kappa shape index (κ2) is 5.89. The molecule has 0 saturated carbocycles. The van der Waals surface area contributed by atoms with Gasteiger partial charge in [-0.1, -0.05) is 12.8 Å². The van der Waals surface area contributed by atoms with Crippen molar-refractivity contribution in [2.75, 3.05) is 11.9 Å². The largest absolute Gasteiger partial charge is 0.325 e. The van der Waals surface area contributed by atoms with E-state index in [9.17, 15) is 4.79 Å². The number of amides is 1. The highest BCUT2D eigenvalue weighted by Crippen LogP contribution is 2.25. The number of fused-ring (bicyclic) bond motifs is 1. The quantitative estimate of drug-likeness (QED) is 0.893. The van der Waals surface area contributed by atoms with Gasteiger partial charge in [-0.05, 0) is 44.5 Å². The molecule has 1 aromatic carbocycles. The van der Waals surface area contributed by atoms with Crippen molar-refractivity contribution >= 4 is 33.1 Å². The van der Waals surface area contributed by atoms with Gasteiger partial charge in [0.05, 0.1) is 21.3 Å². The monoisotopic (exact) mass is 289 g/mol. The van der Waals surface area contributed by atoms with Crippen LogP contribution in [0.25, 0.3) is 10.2 Å². The molecule has 5 heteroatoms. The van der Waals surface area contributed by atoms with Crippen LogP contribution in [0.2, 0.25) is 0 Å². The van der Waals surface area contributed by atoms with Crippen LogP contribution in [0.3, 0.4) is 0 Å². The number of carbonyl (C=O) groups is 1. The van der Waals surface area contributed by atoms with Gasteiger partial charge in [0.15, 0.2) is 0 Å². The molecule has 2 heterocycles. The minimum absolute atomic E-state index is 0.0589. The third-order valence-electron chi connectivity index (χ3n) is 3.64. The molecule has 1 unspecified atom stereocenters. The van der Waals surface area contributed by atoms with Crippen molar-refractivity contribution in [2.45, 2.75) is 38.6 Å². The standard InChI is InChI=1S/C15H19N3OS/c1-10-17-12-7-6-11(9-14(12)20-10)18-15(19)13-5-3-2-4-8-16-13/h6-7,9,13,16H,2-5,8H2,1H3,(H,18,19). The zero-order valence-corrected chi connectivity index (χ0v) is 12.4. The summed E-state index contributed by atoms with van der Waals surface area (Å²) in [5.41, 5.74) is 1.86. The highest BCUT2D eigenvalue weighted by atomic mass is 32.1. The molecule has 0 bridgehead atoms. The number of hydrogen-bond donors (Lipinski definition) is 2. The fourth-order valence-electron chi connectivity index (χ4n) is 2.60. The Hall–Kier alpha value is -1.46. The molecule has 0 aliphatic carbocycles. The molecule has 20 heavy (non-hydrogen) atoms. The number of nitrogens with zero attached hydrogens (tertiary/aromatic N) is 1. The van der Waals surface area contributed by atoms with Crippen LogP contribution in [-0.2, 0) is 4.79 Å². The normalized spacial score (nSPS) is 19.8. The predicted molar refractivity (Wildman–Crippen MR) is 83.2 cm³/mol. The molecule has 1 atom stereocenters. The number of rotatable bonds is 2. The SMILES string of the molecule is Cc1nc2ccc(NC(=O)C3CCCCCN3)cc2s1. The van der Waals surface area contributed by atoms with Crippen molar-refractivity contribution in [3.8, 4) is 0 Å². The van der Waals surface area contributed by atoms with Crippen LogP contribution in [0, 0.1) is 6.92 Å². The first kappa shape index (κ1) is 13.5. The van der Waals surface area contributed by atoms with Crippen molar-refractivity contribution in [2.24, 2.45) is 0 Å². The molecular formula is C15H19N3OS. The number of benzene rings is 1. The summed E-state index contributed by atoms with van der Waals surface area (Å²) >= 11 is 1.65. The summed E-state index contributed by atoms with van der Waals surface area (Å²) in [4.78, 5) is 16.7. The third kappa shape index (κ3) is 2.99. The topological polar surface area (TPSA) is 54.0 Å². The van der Waals surface area contributed by atoms with E-state index >= 15 is 0 Å². The average Bonchev–Trinajstić information content (AvgIpc) is 2.64. The van der Waals surface area contributed by atoms with E-state index in [1.165, 1.54) is 6.42 Å². The number of aromatic nitrogens is 1. The minimum Gasteiger partial charge on any atom is -0.325 e. The lowest BCUT2D eigenvalue weighted by molar-refractivity contribution is -0.118. The number of nitrogens with one attached hydrogen (secondary N) is 2. The smallest absolute Gasteiger partial charge is 0.241 e. The lowest BCUT2D eigenvalue weighted by Gasteiger charge is -2.15. The van der Waals surface area contributed by atoms with Gasteiger partial charge in [0.2, 0.25) is 5.91 Å². The van der Waals surface area contributed by atoms with Gasteiger partial charge < -0.3 is 10.6 Å². The summed E-state index contributed by atoms with van der Waals surface area (Å²) in [5.74, 6) is 0.0764. The number of aryl methyl sites for hydroxylation is 1. The van der Waals surface area contributed by atoms with Crippen molar-refractivity contribution < 1.29 is 4.79 Å². The Kier molecular flexibility index (Phi) is 3.98. The van der Waals surface area contributed by atoms with E-state index in [2.05, 4.69) is 15.6 Å². The lowest BCUT2D eigenvalue weighted by Crippen LogP contribution is -2.39. The Morgan fingerprint density at radius 3 is 3.20 bits per heavy atom. The first-order valence-electron chi connectivity index (χ1n) is 7.14. The molecule has 1 aliphatic heterocycles. The third-order valence-corrected chi connectivity index (χ3v) is 4.57. The summed E-state index contributed by atoms with van der Waals surface area (Å²) < 4.78 is 1.12. The molecule has 2 aromatic rings. The Balaban J connectivity index is 1.72. The second-order valence-corrected chi connectivity index (χ2v) is 6.50. The highest BCUT2D eigenvalue weighted by molar-refractivity contribution is 7.18. The summed E-state index contributed by atoms with van der Waals surface area (Å²) in [7, 11) is 0. The van der Waals surface area contributed by atoms with E-state index in [-0.39, 0.29) is 11.9 Å². The molecule has 106 valence electrons. The Morgan fingerprint density at radius 2 is 2.30 bits per heavy atom. The van der Waals surface area contributed by atoms with Gasteiger partial charge in [-0.3, -0.25) is 4.79 Å². The van der Waals surface area contributed by atoms with Crippen molar-refractivity contribution in [1.29, 1.82) is 0 Å². The number of thiazole rings is 1. The van der Waals surface area contributed by atoms with E-state index in [1.54, 1.807) is 11.3 Å². The minimum atomic E-state index is -0.0589. The number of carbonyl (C=O) groups excluding carboxylic acids is 1. The summed E-state index contributed by atoms with van der Waals surface area (Å²) in [6.45, 7) is 2.93. The fraction of sp³-hybridized carbons (Fsp3) is 0.467. The molecular weight excluding hydrogens is 270 g/mol. The van der Waals surface area contributed by atoms with Crippen molar-refractivity contribution in [1.82, 2.24) is 10.3 Å². The van der Waals surface area contributed by atoms with Crippen LogP contribution in [0.1, 0.15) is 30.7 Å². The molecule has 1 aliphatic rings. The first-order chi connectivity index (χ1) is 9.72. The van der Waals surface area contributed by atoms with Gasteiger partial charge in [-0.15, -0.1) is 11.3 Å². The van der Waals surface area contributed by atoms with Crippen LogP contribution in [0.15, 0.2) is 18.2 Å². The van der Waals surface area contributed by atoms with E-state index < -0.39 is 0 Å². The van der Waals surface area contributed by atoms with E-state index in [4.69, 9.17) is 0 Å². The van der Waals surface area contributed by atoms with E-state index in [1.807, 2.05) is 25.1 Å². The van der Waals surface area contributed by atoms with Gasteiger partial charge in [0, 0.05) is 5.69 Å². The zero-order valence-electron chi connectivity index (χ0n) is 11.6. The highest BCUT2D eigenvalue weighted by Gasteiger charge is 2.19. The van der Waals surface area contributed by atoms with Gasteiger partial charge in [-0.2, -0.15) is 0 Å². The number of anilines is 1. The Labute approximate surface area is 122 Å². The molecule has 1 saturated heterocycles. The predicted octanol–water partition coefficient (Wildman–Crippen LogP) is 3.08. The maximum absolute atomic E-state index is 12.3. The van der Waals surface area contributed by atoms with E-state index in [0.29, 0.717) is 0 Å². The van der Waals surface area contributed by atoms with Crippen LogP contribution < -0.4 is 10.6 Å². The van der Waals surface area contributed by atoms with Gasteiger partial charge in [0.1, 0.15) is 0 Å². The first-order valence-corrected chi connectivity index (χ1v) is 7.95. The second-order valence-electron chi connectivity index (χ2n) is 5.26. The average molecular weight is 289 g/mol. The van der Waals surface area contributed by atoms with Crippen molar-refractivity contribution in [3.63, 3.8) is 0 Å². The summed E-state index contributed by atoms with van der Waals surface area (Å²) in [6.07, 6.45) is 4.42. The molecule has 1 aromatic heterocycles. The van der Waals surface area contributed by atoms with Gasteiger partial charge in [0.25, 0.3) is 0 Å². The van der Waals surface area contributed by atoms with Crippen LogP contribution >= 0.6 is 11.3 Å². The zero-order chi connectivity index (χ0) is 13.9. The summed E-state index contributed by atoms with van der Waals surface area (Å²) in [5, 5.41) is 7.39. The number of hydrogen-bond acceptors (Lipinski definition) is 4. The van der Waals surface area contributed by atoms with Crippen molar-refractivity contribution in [3.05, 3.63) is 23.2 Å². The molecule has 4 nitrogen and oxygen atoms in total. The molecule has 3 rings (SSSR count). The van der Waals surface area contributed by atoms with Gasteiger partial charge >= 0.3 is 0 Å². The maximum Gasteiger partial charge on any atom is 0.241 e. The van der Waals surface area contributed by atoms with E-state index in [0.717, 1.165) is 46.7 Å². The van der Waals surface area contributed by atoms with Crippen LogP contribution in [0.4, 0.5) is 5.69 Å².